The van der Waals surface area contributed by atoms with Gasteiger partial charge in [0, 0.05) is 12.2 Å². The van der Waals surface area contributed by atoms with E-state index in [1.54, 1.807) is 0 Å². The second-order valence-electron chi connectivity index (χ2n) is 3.36. The van der Waals surface area contributed by atoms with Crippen LogP contribution in [0.4, 0.5) is 0 Å². The van der Waals surface area contributed by atoms with E-state index in [9.17, 15) is 4.79 Å². The zero-order valence-electron chi connectivity index (χ0n) is 8.27. The van der Waals surface area contributed by atoms with Crippen LogP contribution < -0.4 is 4.74 Å². The second kappa shape index (κ2) is 4.53. The Morgan fingerprint density at radius 2 is 2.33 bits per heavy atom. The number of benzene rings is 1. The number of hydrogen-bond acceptors (Lipinski definition) is 3. The molecule has 0 bridgehead atoms. The molecule has 1 aliphatic heterocycles. The zero-order valence-corrected chi connectivity index (χ0v) is 9.17. The summed E-state index contributed by atoms with van der Waals surface area (Å²) in [7, 11) is 0. The van der Waals surface area contributed by atoms with E-state index in [1.165, 1.54) is 0 Å². The second-order valence-corrected chi connectivity index (χ2v) is 3.73. The lowest BCUT2D eigenvalue weighted by Crippen LogP contribution is -2.15. The van der Waals surface area contributed by atoms with E-state index >= 15 is 0 Å². The van der Waals surface area contributed by atoms with Gasteiger partial charge in [-0.2, -0.15) is 12.6 Å². The smallest absolute Gasteiger partial charge is 0.169 e. The quantitative estimate of drug-likeness (QED) is 0.775. The van der Waals surface area contributed by atoms with Crippen molar-refractivity contribution in [2.24, 2.45) is 0 Å². The van der Waals surface area contributed by atoms with E-state index in [-0.39, 0.29) is 5.78 Å². The summed E-state index contributed by atoms with van der Waals surface area (Å²) in [5, 5.41) is 0. The van der Waals surface area contributed by atoms with Crippen molar-refractivity contribution in [1.29, 1.82) is 0 Å². The number of thiol groups is 1. The molecular weight excluding hydrogens is 208 g/mol. The van der Waals surface area contributed by atoms with Gasteiger partial charge in [-0.25, -0.2) is 0 Å². The summed E-state index contributed by atoms with van der Waals surface area (Å²) < 4.78 is 5.44. The van der Waals surface area contributed by atoms with Crippen LogP contribution in [0, 0.1) is 0 Å². The van der Waals surface area contributed by atoms with Crippen LogP contribution in [-0.2, 0) is 0 Å². The molecule has 2 rings (SSSR count). The normalized spacial score (nSPS) is 15.1. The molecule has 15 heavy (non-hydrogen) atoms. The number of ketones is 1. The van der Waals surface area contributed by atoms with Gasteiger partial charge in [0.05, 0.1) is 12.2 Å². The monoisotopic (exact) mass is 220 g/mol. The highest BCUT2D eigenvalue weighted by molar-refractivity contribution is 7.80. The molecule has 1 aliphatic rings. The molecule has 0 saturated carbocycles. The number of hydrogen-bond donors (Lipinski definition) is 1. The third kappa shape index (κ3) is 2.23. The van der Waals surface area contributed by atoms with Gasteiger partial charge in [0.15, 0.2) is 5.78 Å². The lowest BCUT2D eigenvalue weighted by molar-refractivity contribution is 0.0933. The van der Waals surface area contributed by atoms with Gasteiger partial charge in [0.2, 0.25) is 0 Å². The molecule has 0 N–H and O–H groups in total. The topological polar surface area (TPSA) is 26.3 Å². The van der Waals surface area contributed by atoms with Gasteiger partial charge >= 0.3 is 0 Å². The molecule has 78 valence electrons. The molecular formula is C12H12O2S. The molecule has 0 radical (unpaired) electrons. The van der Waals surface area contributed by atoms with Crippen LogP contribution in [-0.4, -0.2) is 18.1 Å². The summed E-state index contributed by atoms with van der Waals surface area (Å²) in [6.45, 7) is 0.492. The molecule has 2 nitrogen and oxygen atoms in total. The molecule has 0 aromatic heterocycles. The molecule has 0 atom stereocenters. The number of carbonyl (C=O) groups excluding carboxylic acids is 1. The molecule has 0 fully saturated rings. The van der Waals surface area contributed by atoms with Gasteiger partial charge in [0.25, 0.3) is 0 Å². The van der Waals surface area contributed by atoms with Crippen molar-refractivity contribution in [2.75, 3.05) is 12.4 Å². The molecule has 0 saturated heterocycles. The van der Waals surface area contributed by atoms with E-state index in [2.05, 4.69) is 12.6 Å². The first-order chi connectivity index (χ1) is 7.31. The predicted molar refractivity (Wildman–Crippen MR) is 63.8 cm³/mol. The summed E-state index contributed by atoms with van der Waals surface area (Å²) >= 11 is 4.09. The van der Waals surface area contributed by atoms with E-state index in [4.69, 9.17) is 4.74 Å². The zero-order chi connectivity index (χ0) is 10.7. The van der Waals surface area contributed by atoms with E-state index in [1.807, 2.05) is 30.4 Å². The fourth-order valence-electron chi connectivity index (χ4n) is 1.57. The number of ether oxygens (including phenoxy) is 1. The minimum absolute atomic E-state index is 0.168. The summed E-state index contributed by atoms with van der Waals surface area (Å²) in [5.41, 5.74) is 1.74. The van der Waals surface area contributed by atoms with Crippen molar-refractivity contribution in [3.63, 3.8) is 0 Å². The van der Waals surface area contributed by atoms with E-state index in [0.29, 0.717) is 30.1 Å². The van der Waals surface area contributed by atoms with Crippen LogP contribution in [0.25, 0.3) is 6.08 Å². The van der Waals surface area contributed by atoms with Crippen molar-refractivity contribution >= 4 is 24.5 Å². The lowest BCUT2D eigenvalue weighted by atomic mass is 10.0. The summed E-state index contributed by atoms with van der Waals surface area (Å²) in [6, 6.07) is 5.65. The van der Waals surface area contributed by atoms with Gasteiger partial charge in [-0.1, -0.05) is 18.2 Å². The van der Waals surface area contributed by atoms with Crippen LogP contribution in [0.3, 0.4) is 0 Å². The first kappa shape index (κ1) is 10.3. The lowest BCUT2D eigenvalue weighted by Gasteiger charge is -2.16. The van der Waals surface area contributed by atoms with Gasteiger partial charge in [-0.05, 0) is 17.7 Å². The van der Waals surface area contributed by atoms with Gasteiger partial charge in [-0.15, -0.1) is 0 Å². The number of rotatable bonds is 2. The molecule has 1 aromatic rings. The summed E-state index contributed by atoms with van der Waals surface area (Å²) in [4.78, 5) is 11.5. The van der Waals surface area contributed by atoms with Crippen LogP contribution >= 0.6 is 12.6 Å². The molecule has 0 amide bonds. The Bertz CT molecular complexity index is 410. The molecule has 1 aromatic carbocycles. The predicted octanol–water partition coefficient (Wildman–Crippen LogP) is 2.59. The number of Topliss-reactive ketones (excluding diaryl/α,β-unsaturated/α-hetero) is 1. The van der Waals surface area contributed by atoms with Crippen molar-refractivity contribution in [1.82, 2.24) is 0 Å². The van der Waals surface area contributed by atoms with Gasteiger partial charge in [0.1, 0.15) is 5.75 Å². The highest BCUT2D eigenvalue weighted by Gasteiger charge is 2.17. The number of carbonyl (C=O) groups is 1. The third-order valence-electron chi connectivity index (χ3n) is 2.31. The van der Waals surface area contributed by atoms with Crippen LogP contribution in [0.1, 0.15) is 22.3 Å². The Kier molecular flexibility index (Phi) is 3.11. The van der Waals surface area contributed by atoms with Crippen molar-refractivity contribution in [3.05, 3.63) is 35.4 Å². The maximum Gasteiger partial charge on any atom is 0.169 e. The van der Waals surface area contributed by atoms with Crippen LogP contribution in [0.5, 0.6) is 5.75 Å². The average molecular weight is 220 g/mol. The molecule has 1 heterocycles. The van der Waals surface area contributed by atoms with E-state index < -0.39 is 0 Å². The Labute approximate surface area is 94.4 Å². The summed E-state index contributed by atoms with van der Waals surface area (Å²) in [5.74, 6) is 1.57. The Hall–Kier alpha value is -1.22. The standard InChI is InChI=1S/C12H12O2S/c13-11-5-6-14-12-8-9(2-1-7-15)3-4-10(11)12/h1-4,8,15H,5-7H2. The largest absolute Gasteiger partial charge is 0.492 e. The minimum atomic E-state index is 0.168. The van der Waals surface area contributed by atoms with E-state index in [0.717, 1.165) is 5.56 Å². The maximum atomic E-state index is 11.5. The average Bonchev–Trinajstić information content (AvgIpc) is 2.26. The Balaban J connectivity index is 2.33. The Morgan fingerprint density at radius 3 is 3.13 bits per heavy atom. The van der Waals surface area contributed by atoms with Crippen LogP contribution in [0.2, 0.25) is 0 Å². The van der Waals surface area contributed by atoms with Gasteiger partial charge in [-0.3, -0.25) is 4.79 Å². The van der Waals surface area contributed by atoms with Gasteiger partial charge < -0.3 is 4.74 Å². The Morgan fingerprint density at radius 1 is 1.47 bits per heavy atom. The SMILES string of the molecule is O=C1CCOc2cc(C=CCS)ccc21. The van der Waals surface area contributed by atoms with Crippen molar-refractivity contribution < 1.29 is 9.53 Å². The van der Waals surface area contributed by atoms with Crippen LogP contribution in [0.15, 0.2) is 24.3 Å². The maximum absolute atomic E-state index is 11.5. The molecule has 0 spiro atoms. The number of fused-ring (bicyclic) bond motifs is 1. The highest BCUT2D eigenvalue weighted by Crippen LogP contribution is 2.26. The fraction of sp³-hybridized carbons (Fsp3) is 0.250. The first-order valence-corrected chi connectivity index (χ1v) is 5.52. The summed E-state index contributed by atoms with van der Waals surface area (Å²) in [6.07, 6.45) is 4.41. The fourth-order valence-corrected chi connectivity index (χ4v) is 1.67. The first-order valence-electron chi connectivity index (χ1n) is 4.88. The van der Waals surface area contributed by atoms with Crippen molar-refractivity contribution in [2.45, 2.75) is 6.42 Å². The third-order valence-corrected chi connectivity index (χ3v) is 2.52. The molecule has 3 heteroatoms. The highest BCUT2D eigenvalue weighted by atomic mass is 32.1. The van der Waals surface area contributed by atoms with Crippen molar-refractivity contribution in [3.8, 4) is 5.75 Å². The molecule has 0 aliphatic carbocycles. The minimum Gasteiger partial charge on any atom is -0.492 e. The molecule has 0 unspecified atom stereocenters.